The number of quaternary nitrogens is 1. The number of nitrogens with zero attached hydrogens (tertiary/aromatic N) is 2. The summed E-state index contributed by atoms with van der Waals surface area (Å²) in [5, 5.41) is 12.4. The van der Waals surface area contributed by atoms with Crippen molar-refractivity contribution in [3.63, 3.8) is 0 Å². The van der Waals surface area contributed by atoms with E-state index in [-0.39, 0.29) is 35.4 Å². The van der Waals surface area contributed by atoms with E-state index in [4.69, 9.17) is 4.99 Å². The molecule has 1 aliphatic heterocycles. The highest BCUT2D eigenvalue weighted by Gasteiger charge is 2.50. The molecule has 0 radical (unpaired) electrons. The van der Waals surface area contributed by atoms with E-state index in [2.05, 4.69) is 7.05 Å². The van der Waals surface area contributed by atoms with Gasteiger partial charge in [0.05, 0.1) is 32.2 Å². The van der Waals surface area contributed by atoms with Crippen molar-refractivity contribution in [2.45, 2.75) is 63.3 Å². The molecule has 0 amide bonds. The van der Waals surface area contributed by atoms with Gasteiger partial charge in [0.25, 0.3) is 0 Å². The first-order chi connectivity index (χ1) is 10.0. The van der Waals surface area contributed by atoms with E-state index in [0.29, 0.717) is 6.42 Å². The molecule has 4 heteroatoms. The van der Waals surface area contributed by atoms with Gasteiger partial charge in [-0.25, -0.2) is 0 Å². The number of halogens is 1. The number of aliphatic imine (C=N–C) groups is 1. The lowest BCUT2D eigenvalue weighted by Gasteiger charge is -2.55. The summed E-state index contributed by atoms with van der Waals surface area (Å²) < 4.78 is 1.10. The summed E-state index contributed by atoms with van der Waals surface area (Å²) in [5.74, 6) is 2.87. The average Bonchev–Trinajstić information content (AvgIpc) is 2.82. The molecule has 4 aliphatic carbocycles. The molecular weight excluding hydrogens is 387 g/mol. The van der Waals surface area contributed by atoms with E-state index in [1.807, 2.05) is 0 Å². The van der Waals surface area contributed by atoms with E-state index in [1.54, 1.807) is 0 Å². The fourth-order valence-corrected chi connectivity index (χ4v) is 6.21. The first kappa shape index (κ1) is 17.0. The quantitative estimate of drug-likeness (QED) is 0.299. The molecule has 0 unspecified atom stereocenters. The Morgan fingerprint density at radius 1 is 1.05 bits per heavy atom. The Kier molecular flexibility index (Phi) is 4.81. The molecule has 0 aromatic carbocycles. The third-order valence-electron chi connectivity index (χ3n) is 6.88. The Morgan fingerprint density at radius 3 is 2.05 bits per heavy atom. The second-order valence-electron chi connectivity index (χ2n) is 8.89. The molecule has 0 aromatic heterocycles. The minimum atomic E-state index is 0. The lowest BCUT2D eigenvalue weighted by molar-refractivity contribution is -0.897. The highest BCUT2D eigenvalue weighted by atomic mass is 127. The van der Waals surface area contributed by atoms with Gasteiger partial charge in [-0.1, -0.05) is 0 Å². The molecule has 4 bridgehead atoms. The zero-order chi connectivity index (χ0) is 14.5. The number of rotatable bonds is 4. The van der Waals surface area contributed by atoms with Crippen molar-refractivity contribution in [3.8, 4) is 0 Å². The van der Waals surface area contributed by atoms with Crippen LogP contribution in [0.1, 0.15) is 57.8 Å². The van der Waals surface area contributed by atoms with Crippen molar-refractivity contribution in [2.75, 3.05) is 26.7 Å². The van der Waals surface area contributed by atoms with Gasteiger partial charge in [0, 0.05) is 19.3 Å². The van der Waals surface area contributed by atoms with E-state index >= 15 is 0 Å². The molecule has 0 aromatic rings. The lowest BCUT2D eigenvalue weighted by Crippen LogP contribution is -2.50. The summed E-state index contributed by atoms with van der Waals surface area (Å²) in [6, 6.07) is 0. The third-order valence-corrected chi connectivity index (χ3v) is 6.88. The Hall–Kier alpha value is 0.160. The topological polar surface area (TPSA) is 35.4 Å². The van der Waals surface area contributed by atoms with E-state index in [9.17, 15) is 5.11 Å². The summed E-state index contributed by atoms with van der Waals surface area (Å²) in [4.78, 5) is 4.81. The molecule has 1 saturated heterocycles. The van der Waals surface area contributed by atoms with Gasteiger partial charge in [0.2, 0.25) is 0 Å². The summed E-state index contributed by atoms with van der Waals surface area (Å²) in [6.07, 6.45) is 11.3. The van der Waals surface area contributed by atoms with Crippen LogP contribution in [0, 0.1) is 17.8 Å². The van der Waals surface area contributed by atoms with Crippen LogP contribution >= 0.6 is 24.0 Å². The van der Waals surface area contributed by atoms with Gasteiger partial charge in [-0.3, -0.25) is 4.99 Å². The number of likely N-dealkylation sites (tertiary alicyclic amines) is 1. The molecular formula is C18H31IN2O. The summed E-state index contributed by atoms with van der Waals surface area (Å²) in [5.41, 5.74) is 0.0788. The highest BCUT2D eigenvalue weighted by Crippen LogP contribution is 2.57. The first-order valence-corrected chi connectivity index (χ1v) is 9.14. The monoisotopic (exact) mass is 418 g/mol. The van der Waals surface area contributed by atoms with Gasteiger partial charge in [0.1, 0.15) is 0 Å². The molecule has 0 N–H and O–H groups in total. The van der Waals surface area contributed by atoms with Crippen molar-refractivity contribution < 1.29 is 9.59 Å². The van der Waals surface area contributed by atoms with Crippen LogP contribution in [0.5, 0.6) is 0 Å². The van der Waals surface area contributed by atoms with E-state index < -0.39 is 0 Å². The van der Waals surface area contributed by atoms with Crippen molar-refractivity contribution in [1.82, 2.24) is 0 Å². The SMILES string of the molecule is C[N+]1(CCC([O-])=NC23CC4CC(CC(C4)C2)C3)CCCC1.I. The van der Waals surface area contributed by atoms with Crippen molar-refractivity contribution in [2.24, 2.45) is 22.7 Å². The second-order valence-corrected chi connectivity index (χ2v) is 8.89. The largest absolute Gasteiger partial charge is 0.862 e. The Bertz CT molecular complexity index is 407. The molecule has 0 atom stereocenters. The predicted octanol–water partition coefficient (Wildman–Crippen LogP) is 2.96. The Balaban J connectivity index is 0.00000144. The van der Waals surface area contributed by atoms with Crippen molar-refractivity contribution >= 4 is 29.9 Å². The van der Waals surface area contributed by atoms with Gasteiger partial charge < -0.3 is 9.59 Å². The van der Waals surface area contributed by atoms with Crippen LogP contribution in [0.3, 0.4) is 0 Å². The van der Waals surface area contributed by atoms with Crippen molar-refractivity contribution in [3.05, 3.63) is 0 Å². The zero-order valence-electron chi connectivity index (χ0n) is 13.9. The minimum absolute atomic E-state index is 0. The lowest BCUT2D eigenvalue weighted by atomic mass is 9.53. The maximum Gasteiger partial charge on any atom is 0.0828 e. The Labute approximate surface area is 152 Å². The molecule has 5 aliphatic rings. The van der Waals surface area contributed by atoms with Crippen LogP contribution in [0.2, 0.25) is 0 Å². The smallest absolute Gasteiger partial charge is 0.0828 e. The zero-order valence-corrected chi connectivity index (χ0v) is 16.3. The van der Waals surface area contributed by atoms with Crippen LogP contribution in [-0.4, -0.2) is 42.6 Å². The van der Waals surface area contributed by atoms with Gasteiger partial charge in [-0.15, -0.1) is 24.0 Å². The Morgan fingerprint density at radius 2 is 1.55 bits per heavy atom. The highest BCUT2D eigenvalue weighted by molar-refractivity contribution is 14.0. The van der Waals surface area contributed by atoms with Gasteiger partial charge >= 0.3 is 0 Å². The summed E-state index contributed by atoms with van der Waals surface area (Å²) >= 11 is 0. The normalized spacial score (nSPS) is 42.4. The molecule has 0 spiro atoms. The molecule has 126 valence electrons. The van der Waals surface area contributed by atoms with Gasteiger partial charge in [-0.2, -0.15) is 0 Å². The van der Waals surface area contributed by atoms with Crippen LogP contribution in [-0.2, 0) is 0 Å². The van der Waals surface area contributed by atoms with Gasteiger partial charge in [-0.05, 0) is 62.2 Å². The van der Waals surface area contributed by atoms with Crippen LogP contribution < -0.4 is 5.11 Å². The molecule has 22 heavy (non-hydrogen) atoms. The maximum absolute atomic E-state index is 12.4. The van der Waals surface area contributed by atoms with Crippen LogP contribution in [0.15, 0.2) is 4.99 Å². The predicted molar refractivity (Wildman–Crippen MR) is 98.4 cm³/mol. The molecule has 3 nitrogen and oxygen atoms in total. The molecule has 4 saturated carbocycles. The standard InChI is InChI=1S/C18H30N2O.HI/c1-20(5-2-3-6-20)7-4-17(21)19-18-11-14-8-15(12-18)10-16(9-14)13-18;/h14-16H,2-13H2,1H3;1H. The van der Waals surface area contributed by atoms with Crippen molar-refractivity contribution in [1.29, 1.82) is 0 Å². The fourth-order valence-electron chi connectivity index (χ4n) is 6.21. The summed E-state index contributed by atoms with van der Waals surface area (Å²) in [6.45, 7) is 3.52. The first-order valence-electron chi connectivity index (χ1n) is 9.14. The second kappa shape index (κ2) is 6.23. The fraction of sp³-hybridized carbons (Fsp3) is 0.944. The average molecular weight is 418 g/mol. The summed E-state index contributed by atoms with van der Waals surface area (Å²) in [7, 11) is 2.31. The molecule has 5 rings (SSSR count). The van der Waals surface area contributed by atoms with Crippen LogP contribution in [0.4, 0.5) is 0 Å². The van der Waals surface area contributed by atoms with E-state index in [0.717, 1.165) is 28.8 Å². The molecule has 1 heterocycles. The van der Waals surface area contributed by atoms with Gasteiger partial charge in [0.15, 0.2) is 0 Å². The minimum Gasteiger partial charge on any atom is -0.862 e. The third kappa shape index (κ3) is 3.33. The number of hydrogen-bond donors (Lipinski definition) is 0. The number of hydrogen-bond acceptors (Lipinski definition) is 2. The van der Waals surface area contributed by atoms with Crippen LogP contribution in [0.25, 0.3) is 0 Å². The molecule has 5 fully saturated rings. The maximum atomic E-state index is 12.4. The van der Waals surface area contributed by atoms with E-state index in [1.165, 1.54) is 64.5 Å².